The number of carbonyl (C=O) groups excluding carboxylic acids is 2. The topological polar surface area (TPSA) is 71.0 Å². The van der Waals surface area contributed by atoms with E-state index in [2.05, 4.69) is 10.5 Å². The van der Waals surface area contributed by atoms with Gasteiger partial charge in [-0.05, 0) is 34.5 Å². The first-order chi connectivity index (χ1) is 13.2. The second kappa shape index (κ2) is 7.29. The van der Waals surface area contributed by atoms with Gasteiger partial charge < -0.3 is 4.74 Å². The summed E-state index contributed by atoms with van der Waals surface area (Å²) in [5.74, 6) is -0.0518. The molecule has 1 aliphatic rings. The van der Waals surface area contributed by atoms with Crippen LogP contribution in [-0.4, -0.2) is 31.2 Å². The maximum absolute atomic E-state index is 12.2. The van der Waals surface area contributed by atoms with Crippen LogP contribution in [0.2, 0.25) is 0 Å². The maximum Gasteiger partial charge on any atom is 0.265 e. The molecule has 0 atom stereocenters. The SMILES string of the molecule is O=C(CN1C(=O)COc2ccccc21)N/N=C\c1ccc2ccccc2c1. The molecular formula is C21H17N3O3. The second-order valence-corrected chi connectivity index (χ2v) is 6.14. The van der Waals surface area contributed by atoms with E-state index in [9.17, 15) is 9.59 Å². The molecule has 3 aromatic rings. The average molecular weight is 359 g/mol. The first-order valence-corrected chi connectivity index (χ1v) is 8.53. The molecule has 1 aliphatic heterocycles. The number of para-hydroxylation sites is 2. The fraction of sp³-hybridized carbons (Fsp3) is 0.0952. The molecule has 6 nitrogen and oxygen atoms in total. The molecule has 0 fully saturated rings. The molecule has 0 aliphatic carbocycles. The Labute approximate surface area is 156 Å². The highest BCUT2D eigenvalue weighted by atomic mass is 16.5. The van der Waals surface area contributed by atoms with Crippen molar-refractivity contribution in [1.29, 1.82) is 0 Å². The largest absolute Gasteiger partial charge is 0.482 e. The number of anilines is 1. The number of amides is 2. The van der Waals surface area contributed by atoms with Gasteiger partial charge in [0.05, 0.1) is 11.9 Å². The van der Waals surface area contributed by atoms with E-state index in [0.717, 1.165) is 16.3 Å². The third-order valence-corrected chi connectivity index (χ3v) is 4.29. The predicted octanol–water partition coefficient (Wildman–Crippen LogP) is 2.72. The molecule has 0 bridgehead atoms. The van der Waals surface area contributed by atoms with Gasteiger partial charge in [-0.3, -0.25) is 14.5 Å². The Morgan fingerprint density at radius 2 is 1.85 bits per heavy atom. The van der Waals surface area contributed by atoms with Crippen molar-refractivity contribution in [2.45, 2.75) is 0 Å². The van der Waals surface area contributed by atoms with Crippen LogP contribution in [0.25, 0.3) is 10.8 Å². The molecule has 4 rings (SSSR count). The Balaban J connectivity index is 1.42. The van der Waals surface area contributed by atoms with E-state index in [1.807, 2.05) is 48.5 Å². The first-order valence-electron chi connectivity index (χ1n) is 8.53. The van der Waals surface area contributed by atoms with Crippen LogP contribution in [0.3, 0.4) is 0 Å². The molecule has 0 saturated heterocycles. The van der Waals surface area contributed by atoms with Crippen molar-refractivity contribution in [1.82, 2.24) is 5.43 Å². The number of rotatable bonds is 4. The predicted molar refractivity (Wildman–Crippen MR) is 104 cm³/mol. The second-order valence-electron chi connectivity index (χ2n) is 6.14. The standard InChI is InChI=1S/C21H17N3O3/c25-20(13-24-18-7-3-4-8-19(18)27-14-21(24)26)23-22-12-15-9-10-16-5-1-2-6-17(16)11-15/h1-12H,13-14H2,(H,23,25)/b22-12-. The lowest BCUT2D eigenvalue weighted by atomic mass is 10.1. The van der Waals surface area contributed by atoms with E-state index in [4.69, 9.17) is 4.74 Å². The quantitative estimate of drug-likeness (QED) is 0.575. The number of hydrogen-bond acceptors (Lipinski definition) is 4. The van der Waals surface area contributed by atoms with Crippen molar-refractivity contribution < 1.29 is 14.3 Å². The molecule has 6 heteroatoms. The molecule has 0 unspecified atom stereocenters. The van der Waals surface area contributed by atoms with Crippen molar-refractivity contribution in [3.63, 3.8) is 0 Å². The summed E-state index contributed by atoms with van der Waals surface area (Å²) in [5.41, 5.74) is 3.94. The van der Waals surface area contributed by atoms with Gasteiger partial charge in [0.1, 0.15) is 12.3 Å². The molecule has 2 amide bonds. The van der Waals surface area contributed by atoms with E-state index in [1.54, 1.807) is 24.4 Å². The minimum absolute atomic E-state index is 0.0787. The highest BCUT2D eigenvalue weighted by molar-refractivity contribution is 6.02. The summed E-state index contributed by atoms with van der Waals surface area (Å²) in [6, 6.07) is 21.1. The van der Waals surface area contributed by atoms with Crippen LogP contribution in [0.1, 0.15) is 5.56 Å². The Morgan fingerprint density at radius 1 is 1.07 bits per heavy atom. The van der Waals surface area contributed by atoms with Crippen LogP contribution in [0, 0.1) is 0 Å². The van der Waals surface area contributed by atoms with Crippen LogP contribution >= 0.6 is 0 Å². The fourth-order valence-electron chi connectivity index (χ4n) is 2.97. The summed E-state index contributed by atoms with van der Waals surface area (Å²) in [5, 5.41) is 6.24. The molecule has 3 aromatic carbocycles. The van der Waals surface area contributed by atoms with Gasteiger partial charge in [-0.25, -0.2) is 5.43 Å². The van der Waals surface area contributed by atoms with Crippen LogP contribution in [0.4, 0.5) is 5.69 Å². The van der Waals surface area contributed by atoms with Crippen molar-refractivity contribution in [2.24, 2.45) is 5.10 Å². The zero-order chi connectivity index (χ0) is 18.6. The van der Waals surface area contributed by atoms with Crippen LogP contribution in [0.5, 0.6) is 5.75 Å². The number of carbonyl (C=O) groups is 2. The number of nitrogens with zero attached hydrogens (tertiary/aromatic N) is 2. The summed E-state index contributed by atoms with van der Waals surface area (Å²) >= 11 is 0. The van der Waals surface area contributed by atoms with Gasteiger partial charge in [-0.15, -0.1) is 0 Å². The summed E-state index contributed by atoms with van der Waals surface area (Å²) in [7, 11) is 0. The van der Waals surface area contributed by atoms with Crippen LogP contribution < -0.4 is 15.1 Å². The molecular weight excluding hydrogens is 342 g/mol. The van der Waals surface area contributed by atoms with E-state index < -0.39 is 0 Å². The number of nitrogens with one attached hydrogen (secondary N) is 1. The molecule has 27 heavy (non-hydrogen) atoms. The summed E-state index contributed by atoms with van der Waals surface area (Å²) in [4.78, 5) is 25.7. The minimum atomic E-state index is -0.378. The smallest absolute Gasteiger partial charge is 0.265 e. The Hall–Kier alpha value is -3.67. The monoisotopic (exact) mass is 359 g/mol. The Kier molecular flexibility index (Phi) is 4.53. The van der Waals surface area contributed by atoms with Gasteiger partial charge in [-0.1, -0.05) is 48.5 Å². The maximum atomic E-state index is 12.2. The zero-order valence-electron chi connectivity index (χ0n) is 14.5. The lowest BCUT2D eigenvalue weighted by Crippen LogP contribution is -2.44. The molecule has 0 saturated carbocycles. The molecule has 1 N–H and O–H groups in total. The molecule has 1 heterocycles. The van der Waals surface area contributed by atoms with Gasteiger partial charge in [0.25, 0.3) is 11.8 Å². The number of hydrogen-bond donors (Lipinski definition) is 1. The summed E-state index contributed by atoms with van der Waals surface area (Å²) in [6.07, 6.45) is 1.58. The van der Waals surface area contributed by atoms with E-state index >= 15 is 0 Å². The number of hydrazone groups is 1. The van der Waals surface area contributed by atoms with Crippen molar-refractivity contribution in [3.8, 4) is 5.75 Å². The first kappa shape index (κ1) is 16.8. The molecule has 0 spiro atoms. The normalized spacial score (nSPS) is 13.5. The number of fused-ring (bicyclic) bond motifs is 2. The van der Waals surface area contributed by atoms with Gasteiger partial charge in [-0.2, -0.15) is 5.10 Å². The minimum Gasteiger partial charge on any atom is -0.482 e. The van der Waals surface area contributed by atoms with Crippen molar-refractivity contribution >= 4 is 34.5 Å². The summed E-state index contributed by atoms with van der Waals surface area (Å²) < 4.78 is 5.37. The van der Waals surface area contributed by atoms with Crippen molar-refractivity contribution in [3.05, 3.63) is 72.3 Å². The highest BCUT2D eigenvalue weighted by Crippen LogP contribution is 2.31. The third-order valence-electron chi connectivity index (χ3n) is 4.29. The van der Waals surface area contributed by atoms with Gasteiger partial charge >= 0.3 is 0 Å². The molecule has 134 valence electrons. The molecule has 0 aromatic heterocycles. The number of benzene rings is 3. The lowest BCUT2D eigenvalue weighted by molar-refractivity contribution is -0.125. The zero-order valence-corrected chi connectivity index (χ0v) is 14.5. The van der Waals surface area contributed by atoms with Gasteiger partial charge in [0.2, 0.25) is 0 Å². The van der Waals surface area contributed by atoms with Crippen LogP contribution in [-0.2, 0) is 9.59 Å². The van der Waals surface area contributed by atoms with E-state index in [0.29, 0.717) is 11.4 Å². The number of ether oxygens (including phenoxy) is 1. The van der Waals surface area contributed by atoms with E-state index in [1.165, 1.54) is 4.90 Å². The van der Waals surface area contributed by atoms with Crippen LogP contribution in [0.15, 0.2) is 71.8 Å². The third kappa shape index (κ3) is 3.64. The van der Waals surface area contributed by atoms with Crippen molar-refractivity contribution in [2.75, 3.05) is 18.1 Å². The fourth-order valence-corrected chi connectivity index (χ4v) is 2.97. The van der Waals surface area contributed by atoms with Gasteiger partial charge in [0, 0.05) is 0 Å². The average Bonchev–Trinajstić information content (AvgIpc) is 2.70. The van der Waals surface area contributed by atoms with E-state index in [-0.39, 0.29) is 25.0 Å². The Morgan fingerprint density at radius 3 is 2.74 bits per heavy atom. The van der Waals surface area contributed by atoms with Gasteiger partial charge in [0.15, 0.2) is 6.61 Å². The Bertz CT molecular complexity index is 1050. The summed E-state index contributed by atoms with van der Waals surface area (Å²) in [6.45, 7) is -0.196. The molecule has 0 radical (unpaired) electrons. The highest BCUT2D eigenvalue weighted by Gasteiger charge is 2.26. The lowest BCUT2D eigenvalue weighted by Gasteiger charge is -2.28.